The average Bonchev–Trinajstić information content (AvgIpc) is 3.19. The molecule has 0 radical (unpaired) electrons. The van der Waals surface area contributed by atoms with E-state index in [0.29, 0.717) is 45.6 Å². The number of hydrogen-bond acceptors (Lipinski definition) is 7. The van der Waals surface area contributed by atoms with Crippen molar-refractivity contribution in [3.05, 3.63) is 52.5 Å². The van der Waals surface area contributed by atoms with Gasteiger partial charge >= 0.3 is 5.97 Å². The second kappa shape index (κ2) is 10.8. The minimum Gasteiger partial charge on any atom is -0.494 e. The molecule has 3 aromatic rings. The Labute approximate surface area is 195 Å². The van der Waals surface area contributed by atoms with Gasteiger partial charge in [-0.1, -0.05) is 22.9 Å². The monoisotopic (exact) mass is 483 g/mol. The maximum Gasteiger partial charge on any atom is 0.337 e. The summed E-state index contributed by atoms with van der Waals surface area (Å²) in [6.07, 6.45) is 0. The van der Waals surface area contributed by atoms with Crippen LogP contribution in [0.4, 0.5) is 5.13 Å². The number of carbonyl (C=O) groups excluding carboxylic acids is 2. The molecule has 31 heavy (non-hydrogen) atoms. The summed E-state index contributed by atoms with van der Waals surface area (Å²) >= 11 is 7.69. The normalized spacial score (nSPS) is 10.6. The van der Waals surface area contributed by atoms with Crippen molar-refractivity contribution in [2.75, 3.05) is 46.3 Å². The molecule has 0 fully saturated rings. The highest BCUT2D eigenvalue weighted by molar-refractivity contribution is 7.23. The van der Waals surface area contributed by atoms with E-state index in [2.05, 4.69) is 4.98 Å². The molecule has 0 atom stereocenters. The quantitative estimate of drug-likeness (QED) is 0.464. The molecule has 7 nitrogen and oxygen atoms in total. The summed E-state index contributed by atoms with van der Waals surface area (Å²) in [6, 6.07) is 9.87. The van der Waals surface area contributed by atoms with Gasteiger partial charge in [0.2, 0.25) is 0 Å². The lowest BCUT2D eigenvalue weighted by atomic mass is 10.1. The Hall–Kier alpha value is -2.39. The first-order valence-electron chi connectivity index (χ1n) is 9.13. The third-order valence-electron chi connectivity index (χ3n) is 4.47. The number of carbonyl (C=O) groups is 2. The number of rotatable bonds is 7. The van der Waals surface area contributed by atoms with Gasteiger partial charge in [-0.25, -0.2) is 9.78 Å². The molecular weight excluding hydrogens is 461 g/mol. The summed E-state index contributed by atoms with van der Waals surface area (Å²) in [7, 11) is 6.76. The lowest BCUT2D eigenvalue weighted by molar-refractivity contribution is 0.0600. The van der Waals surface area contributed by atoms with Crippen LogP contribution in [0.3, 0.4) is 0 Å². The Morgan fingerprint density at radius 2 is 1.68 bits per heavy atom. The van der Waals surface area contributed by atoms with Crippen LogP contribution in [0.15, 0.2) is 36.4 Å². The van der Waals surface area contributed by atoms with Crippen LogP contribution in [0.5, 0.6) is 5.75 Å². The fraction of sp³-hybridized carbons (Fsp3) is 0.286. The zero-order valence-corrected chi connectivity index (χ0v) is 19.9. The second-order valence-electron chi connectivity index (χ2n) is 6.75. The topological polar surface area (TPSA) is 72.0 Å². The molecule has 0 aliphatic rings. The smallest absolute Gasteiger partial charge is 0.337 e. The van der Waals surface area contributed by atoms with Gasteiger partial charge < -0.3 is 14.4 Å². The van der Waals surface area contributed by atoms with Gasteiger partial charge in [0.15, 0.2) is 5.13 Å². The Morgan fingerprint density at radius 1 is 1.03 bits per heavy atom. The molecule has 1 amide bonds. The van der Waals surface area contributed by atoms with Gasteiger partial charge in [-0.15, -0.1) is 12.4 Å². The molecule has 1 aromatic heterocycles. The Balaban J connectivity index is 0.00000341. The van der Waals surface area contributed by atoms with Gasteiger partial charge in [0.05, 0.1) is 29.5 Å². The number of hydrogen-bond donors (Lipinski definition) is 0. The van der Waals surface area contributed by atoms with Crippen molar-refractivity contribution in [3.8, 4) is 5.75 Å². The summed E-state index contributed by atoms with van der Waals surface area (Å²) in [5, 5.41) is 1.08. The number of anilines is 1. The molecule has 166 valence electrons. The molecule has 0 aliphatic heterocycles. The van der Waals surface area contributed by atoms with Crippen LogP contribution in [0.1, 0.15) is 20.7 Å². The zero-order chi connectivity index (χ0) is 21.8. The van der Waals surface area contributed by atoms with Crippen LogP contribution in [0.25, 0.3) is 10.2 Å². The molecular formula is C21H23Cl2N3O4S. The molecule has 0 unspecified atom stereocenters. The second-order valence-corrected chi connectivity index (χ2v) is 8.14. The number of aromatic nitrogens is 1. The van der Waals surface area contributed by atoms with E-state index in [1.165, 1.54) is 18.4 Å². The van der Waals surface area contributed by atoms with Crippen molar-refractivity contribution in [2.24, 2.45) is 0 Å². The van der Waals surface area contributed by atoms with Crippen molar-refractivity contribution < 1.29 is 19.1 Å². The van der Waals surface area contributed by atoms with Crippen LogP contribution < -0.4 is 9.64 Å². The maximum absolute atomic E-state index is 13.3. The fourth-order valence-corrected chi connectivity index (χ4v) is 4.11. The van der Waals surface area contributed by atoms with Crippen LogP contribution >= 0.6 is 35.3 Å². The van der Waals surface area contributed by atoms with Gasteiger partial charge in [0.25, 0.3) is 5.91 Å². The van der Waals surface area contributed by atoms with Crippen LogP contribution in [-0.2, 0) is 4.74 Å². The van der Waals surface area contributed by atoms with E-state index < -0.39 is 5.97 Å². The van der Waals surface area contributed by atoms with Gasteiger partial charge in [-0.2, -0.15) is 0 Å². The highest BCUT2D eigenvalue weighted by Gasteiger charge is 2.23. The van der Waals surface area contributed by atoms with Crippen LogP contribution in [0, 0.1) is 0 Å². The minimum absolute atomic E-state index is 0. The number of halogens is 2. The lowest BCUT2D eigenvalue weighted by Crippen LogP contribution is -2.36. The number of thiazole rings is 1. The van der Waals surface area contributed by atoms with E-state index in [4.69, 9.17) is 21.1 Å². The van der Waals surface area contributed by atoms with E-state index in [1.807, 2.05) is 19.0 Å². The van der Waals surface area contributed by atoms with E-state index in [1.54, 1.807) is 48.4 Å². The van der Waals surface area contributed by atoms with Crippen molar-refractivity contribution in [1.82, 2.24) is 9.88 Å². The third-order valence-corrected chi connectivity index (χ3v) is 6.01. The molecule has 0 saturated carbocycles. The molecule has 3 rings (SSSR count). The summed E-state index contributed by atoms with van der Waals surface area (Å²) in [5.74, 6) is -0.0758. The maximum atomic E-state index is 13.3. The first-order chi connectivity index (χ1) is 14.3. The average molecular weight is 484 g/mol. The molecule has 2 aromatic carbocycles. The fourth-order valence-electron chi connectivity index (χ4n) is 2.83. The van der Waals surface area contributed by atoms with E-state index in [9.17, 15) is 9.59 Å². The number of benzene rings is 2. The molecule has 0 saturated heterocycles. The molecule has 10 heteroatoms. The highest BCUT2D eigenvalue weighted by atomic mass is 35.5. The number of amides is 1. The highest BCUT2D eigenvalue weighted by Crippen LogP contribution is 2.39. The molecule has 0 spiro atoms. The number of fused-ring (bicyclic) bond motifs is 1. The molecule has 0 N–H and O–H groups in total. The van der Waals surface area contributed by atoms with Crippen molar-refractivity contribution in [3.63, 3.8) is 0 Å². The van der Waals surface area contributed by atoms with Gasteiger partial charge in [-0.05, 0) is 50.5 Å². The summed E-state index contributed by atoms with van der Waals surface area (Å²) in [5.41, 5.74) is 1.44. The van der Waals surface area contributed by atoms with Gasteiger partial charge in [-0.3, -0.25) is 9.69 Å². The Morgan fingerprint density at radius 3 is 2.26 bits per heavy atom. The van der Waals surface area contributed by atoms with Crippen LogP contribution in [0.2, 0.25) is 5.02 Å². The number of likely N-dealkylation sites (N-methyl/N-ethyl adjacent to an activating group) is 1. The summed E-state index contributed by atoms with van der Waals surface area (Å²) in [4.78, 5) is 33.2. The van der Waals surface area contributed by atoms with Gasteiger partial charge in [0, 0.05) is 18.7 Å². The van der Waals surface area contributed by atoms with Gasteiger partial charge in [0.1, 0.15) is 11.3 Å². The first kappa shape index (κ1) is 24.9. The Kier molecular flexibility index (Phi) is 8.64. The Bertz CT molecular complexity index is 1070. The molecule has 1 heterocycles. The SMILES string of the molecule is COC(=O)c1ccc(C(=O)N(CCN(C)C)c2nc3c(OC)ccc(Cl)c3s2)cc1.Cl. The third kappa shape index (κ3) is 5.46. The zero-order valence-electron chi connectivity index (χ0n) is 17.5. The number of nitrogens with zero attached hydrogens (tertiary/aromatic N) is 3. The molecule has 0 bridgehead atoms. The predicted octanol–water partition coefficient (Wildman–Crippen LogP) is 4.38. The standard InChI is InChI=1S/C21H22ClN3O4S.ClH/c1-24(2)11-12-25(19(26)13-5-7-14(8-6-13)20(27)29-4)21-23-17-16(28-3)10-9-15(22)18(17)30-21;/h5-10H,11-12H2,1-4H3;1H. The minimum atomic E-state index is -0.452. The van der Waals surface area contributed by atoms with Crippen molar-refractivity contribution in [1.29, 1.82) is 0 Å². The number of esters is 1. The summed E-state index contributed by atoms with van der Waals surface area (Å²) < 4.78 is 10.9. The van der Waals surface area contributed by atoms with E-state index in [-0.39, 0.29) is 18.3 Å². The van der Waals surface area contributed by atoms with E-state index in [0.717, 1.165) is 4.70 Å². The van der Waals surface area contributed by atoms with Crippen LogP contribution in [-0.4, -0.2) is 63.2 Å². The van der Waals surface area contributed by atoms with Crippen molar-refractivity contribution in [2.45, 2.75) is 0 Å². The van der Waals surface area contributed by atoms with Crippen molar-refractivity contribution >= 4 is 62.6 Å². The number of methoxy groups -OCH3 is 2. The van der Waals surface area contributed by atoms with E-state index >= 15 is 0 Å². The lowest BCUT2D eigenvalue weighted by Gasteiger charge is -2.22. The predicted molar refractivity (Wildman–Crippen MR) is 126 cm³/mol. The summed E-state index contributed by atoms with van der Waals surface area (Å²) in [6.45, 7) is 1.08. The molecule has 0 aliphatic carbocycles. The largest absolute Gasteiger partial charge is 0.494 e. The number of ether oxygens (including phenoxy) is 2. The first-order valence-corrected chi connectivity index (χ1v) is 10.3.